The van der Waals surface area contributed by atoms with E-state index in [1.54, 1.807) is 7.05 Å². The molecule has 9 heteroatoms. The minimum atomic E-state index is -0.405. The Morgan fingerprint density at radius 2 is 1.77 bits per heavy atom. The normalized spacial score (nSPS) is 12.2. The van der Waals surface area contributed by atoms with Crippen molar-refractivity contribution in [3.63, 3.8) is 0 Å². The van der Waals surface area contributed by atoms with Crippen LogP contribution < -0.4 is 11.2 Å². The zero-order valence-corrected chi connectivity index (χ0v) is 18.7. The molecule has 0 N–H and O–H groups in total. The highest BCUT2D eigenvalue weighted by molar-refractivity contribution is 7.98. The van der Waals surface area contributed by atoms with Gasteiger partial charge in [0.05, 0.1) is 5.69 Å². The first kappa shape index (κ1) is 20.3. The summed E-state index contributed by atoms with van der Waals surface area (Å²) in [5.41, 5.74) is 2.13. The van der Waals surface area contributed by atoms with Crippen LogP contribution in [0, 0.1) is 6.92 Å². The summed E-state index contributed by atoms with van der Waals surface area (Å²) in [5, 5.41) is 0.924. The zero-order chi connectivity index (χ0) is 21.8. The van der Waals surface area contributed by atoms with Crippen LogP contribution in [0.2, 0.25) is 0 Å². The molecule has 0 aliphatic heterocycles. The van der Waals surface area contributed by atoms with Gasteiger partial charge < -0.3 is 4.40 Å². The second kappa shape index (κ2) is 7.09. The van der Waals surface area contributed by atoms with Crippen molar-refractivity contribution in [1.29, 1.82) is 0 Å². The van der Waals surface area contributed by atoms with Crippen molar-refractivity contribution in [3.05, 3.63) is 62.4 Å². The molecule has 4 aromatic rings. The van der Waals surface area contributed by atoms with Crippen molar-refractivity contribution < 1.29 is 0 Å². The summed E-state index contributed by atoms with van der Waals surface area (Å²) in [6.45, 7) is 8.04. The predicted molar refractivity (Wildman–Crippen MR) is 118 cm³/mol. The summed E-state index contributed by atoms with van der Waals surface area (Å²) in [6.07, 6.45) is 3.95. The maximum Gasteiger partial charge on any atom is 0.332 e. The summed E-state index contributed by atoms with van der Waals surface area (Å²) >= 11 is 1.44. The lowest BCUT2D eigenvalue weighted by Crippen LogP contribution is -2.38. The van der Waals surface area contributed by atoms with Crippen LogP contribution in [0.5, 0.6) is 0 Å². The Labute approximate surface area is 177 Å². The van der Waals surface area contributed by atoms with E-state index >= 15 is 0 Å². The molecule has 0 radical (unpaired) electrons. The first-order valence-corrected chi connectivity index (χ1v) is 10.6. The van der Waals surface area contributed by atoms with Crippen LogP contribution in [0.1, 0.15) is 37.9 Å². The molecule has 4 aromatic heterocycles. The molecule has 4 heterocycles. The van der Waals surface area contributed by atoms with Crippen LogP contribution in [-0.2, 0) is 25.3 Å². The van der Waals surface area contributed by atoms with Gasteiger partial charge in [0, 0.05) is 37.7 Å². The minimum absolute atomic E-state index is 0.333. The SMILES string of the molecule is Cc1cccn2cc(CSc3nc(C(C)(C)C)nc4c3c(=O)n(C)c(=O)n4C)nc12. The number of aromatic nitrogens is 6. The first-order valence-electron chi connectivity index (χ1n) is 9.62. The van der Waals surface area contributed by atoms with Gasteiger partial charge in [-0.2, -0.15) is 0 Å². The van der Waals surface area contributed by atoms with E-state index in [1.165, 1.54) is 23.4 Å². The summed E-state index contributed by atoms with van der Waals surface area (Å²) in [7, 11) is 3.10. The Bertz CT molecular complexity index is 1410. The Hall–Kier alpha value is -2.94. The molecule has 0 aromatic carbocycles. The van der Waals surface area contributed by atoms with Gasteiger partial charge in [-0.15, -0.1) is 0 Å². The molecule has 0 aliphatic rings. The highest BCUT2D eigenvalue weighted by Gasteiger charge is 2.23. The monoisotopic (exact) mass is 424 g/mol. The number of fused-ring (bicyclic) bond motifs is 2. The van der Waals surface area contributed by atoms with E-state index in [1.807, 2.05) is 56.6 Å². The lowest BCUT2D eigenvalue weighted by molar-refractivity contribution is 0.539. The number of hydrogen-bond acceptors (Lipinski definition) is 6. The molecule has 0 atom stereocenters. The van der Waals surface area contributed by atoms with Gasteiger partial charge in [-0.05, 0) is 18.6 Å². The van der Waals surface area contributed by atoms with E-state index in [0.29, 0.717) is 27.6 Å². The van der Waals surface area contributed by atoms with Gasteiger partial charge in [0.2, 0.25) is 0 Å². The van der Waals surface area contributed by atoms with Gasteiger partial charge in [-0.25, -0.2) is 19.7 Å². The highest BCUT2D eigenvalue weighted by atomic mass is 32.2. The number of thioether (sulfide) groups is 1. The fourth-order valence-electron chi connectivity index (χ4n) is 3.29. The fourth-order valence-corrected chi connectivity index (χ4v) is 4.18. The average Bonchev–Trinajstić information content (AvgIpc) is 3.12. The molecule has 0 bridgehead atoms. The quantitative estimate of drug-likeness (QED) is 0.371. The lowest BCUT2D eigenvalue weighted by atomic mass is 9.96. The molecule has 156 valence electrons. The number of aryl methyl sites for hydroxylation is 2. The minimum Gasteiger partial charge on any atom is -0.307 e. The van der Waals surface area contributed by atoms with Crippen molar-refractivity contribution in [2.45, 2.75) is 43.9 Å². The van der Waals surface area contributed by atoms with Crippen molar-refractivity contribution in [3.8, 4) is 0 Å². The summed E-state index contributed by atoms with van der Waals surface area (Å²) in [5.74, 6) is 1.13. The standard InChI is InChI=1S/C21H24N6O2S/c1-12-8-7-9-27-10-13(22-15(12)27)11-30-17-14-16(23-19(24-17)21(2,3)4)25(5)20(29)26(6)18(14)28/h7-10H,11H2,1-6H3. The second-order valence-electron chi connectivity index (χ2n) is 8.45. The van der Waals surface area contributed by atoms with E-state index in [4.69, 9.17) is 9.97 Å². The van der Waals surface area contributed by atoms with Crippen LogP contribution in [-0.4, -0.2) is 28.5 Å². The topological polar surface area (TPSA) is 87.1 Å². The Balaban J connectivity index is 1.86. The number of hydrogen-bond donors (Lipinski definition) is 0. The fraction of sp³-hybridized carbons (Fsp3) is 0.381. The van der Waals surface area contributed by atoms with Gasteiger partial charge in [0.25, 0.3) is 5.56 Å². The van der Waals surface area contributed by atoms with E-state index in [2.05, 4.69) is 4.98 Å². The van der Waals surface area contributed by atoms with E-state index in [0.717, 1.165) is 21.5 Å². The number of nitrogens with zero attached hydrogens (tertiary/aromatic N) is 6. The van der Waals surface area contributed by atoms with Crippen LogP contribution >= 0.6 is 11.8 Å². The smallest absolute Gasteiger partial charge is 0.307 e. The Morgan fingerprint density at radius 1 is 1.03 bits per heavy atom. The Morgan fingerprint density at radius 3 is 2.43 bits per heavy atom. The van der Waals surface area contributed by atoms with Gasteiger partial charge in [0.15, 0.2) is 5.65 Å². The third-order valence-electron chi connectivity index (χ3n) is 5.02. The molecule has 4 rings (SSSR count). The summed E-state index contributed by atoms with van der Waals surface area (Å²) < 4.78 is 4.50. The average molecular weight is 425 g/mol. The number of pyridine rings is 1. The maximum atomic E-state index is 12.9. The van der Waals surface area contributed by atoms with Crippen molar-refractivity contribution >= 4 is 28.4 Å². The van der Waals surface area contributed by atoms with Gasteiger partial charge in [-0.1, -0.05) is 38.6 Å². The van der Waals surface area contributed by atoms with Gasteiger partial charge >= 0.3 is 5.69 Å². The van der Waals surface area contributed by atoms with E-state index in [9.17, 15) is 9.59 Å². The number of imidazole rings is 1. The third-order valence-corrected chi connectivity index (χ3v) is 6.03. The second-order valence-corrected chi connectivity index (χ2v) is 9.41. The molecule has 30 heavy (non-hydrogen) atoms. The highest BCUT2D eigenvalue weighted by Crippen LogP contribution is 2.29. The molecule has 0 saturated heterocycles. The van der Waals surface area contributed by atoms with Crippen LogP contribution in [0.3, 0.4) is 0 Å². The van der Waals surface area contributed by atoms with Crippen LogP contribution in [0.15, 0.2) is 39.1 Å². The van der Waals surface area contributed by atoms with Crippen LogP contribution in [0.25, 0.3) is 16.7 Å². The van der Waals surface area contributed by atoms with Crippen molar-refractivity contribution in [2.24, 2.45) is 14.1 Å². The molecular formula is C21H24N6O2S. The Kier molecular flexibility index (Phi) is 4.80. The van der Waals surface area contributed by atoms with Crippen molar-refractivity contribution in [1.82, 2.24) is 28.5 Å². The largest absolute Gasteiger partial charge is 0.332 e. The molecule has 0 saturated carbocycles. The molecular weight excluding hydrogens is 400 g/mol. The van der Waals surface area contributed by atoms with Gasteiger partial charge in [0.1, 0.15) is 21.9 Å². The third kappa shape index (κ3) is 3.32. The van der Waals surface area contributed by atoms with E-state index < -0.39 is 5.69 Å². The maximum absolute atomic E-state index is 12.9. The summed E-state index contributed by atoms with van der Waals surface area (Å²) in [4.78, 5) is 39.4. The van der Waals surface area contributed by atoms with Gasteiger partial charge in [-0.3, -0.25) is 13.9 Å². The molecule has 0 aliphatic carbocycles. The molecule has 0 fully saturated rings. The summed E-state index contributed by atoms with van der Waals surface area (Å²) in [6, 6.07) is 4.01. The first-order chi connectivity index (χ1) is 14.1. The zero-order valence-electron chi connectivity index (χ0n) is 17.9. The molecule has 0 spiro atoms. The van der Waals surface area contributed by atoms with E-state index in [-0.39, 0.29) is 11.0 Å². The molecule has 0 unspecified atom stereocenters. The number of rotatable bonds is 3. The lowest BCUT2D eigenvalue weighted by Gasteiger charge is -2.19. The predicted octanol–water partition coefficient (Wildman–Crippen LogP) is 2.57. The molecule has 0 amide bonds. The molecule has 8 nitrogen and oxygen atoms in total. The van der Waals surface area contributed by atoms with Crippen molar-refractivity contribution in [2.75, 3.05) is 0 Å². The van der Waals surface area contributed by atoms with Crippen LogP contribution in [0.4, 0.5) is 0 Å².